The molecular weight excluding hydrogens is 567 g/mol. The van der Waals surface area contributed by atoms with Crippen molar-refractivity contribution in [3.8, 4) is 0 Å². The zero-order valence-electron chi connectivity index (χ0n) is 20.9. The summed E-state index contributed by atoms with van der Waals surface area (Å²) in [5.74, 6) is 0.795. The molecule has 1 unspecified atom stereocenters. The van der Waals surface area contributed by atoms with E-state index in [9.17, 15) is 37.5 Å². The zero-order chi connectivity index (χ0) is 31.9. The van der Waals surface area contributed by atoms with Gasteiger partial charge in [0.05, 0.1) is 20.9 Å². The Morgan fingerprint density at radius 1 is 0.897 bits per heavy atom. The van der Waals surface area contributed by atoms with Gasteiger partial charge in [-0.15, -0.1) is 11.8 Å². The number of aryl methyl sites for hydroxylation is 1. The topological polar surface area (TPSA) is 273 Å². The van der Waals surface area contributed by atoms with Crippen molar-refractivity contribution in [3.05, 3.63) is 37.9 Å². The molecule has 25 heteroatoms. The van der Waals surface area contributed by atoms with Crippen LogP contribution in [0.5, 0.6) is 0 Å². The van der Waals surface area contributed by atoms with Crippen LogP contribution in [0.3, 0.4) is 0 Å². The Hall–Kier alpha value is -2.50. The molecule has 0 saturated heterocycles. The van der Waals surface area contributed by atoms with Crippen LogP contribution in [-0.4, -0.2) is 103 Å². The molecule has 0 aliphatic heterocycles. The van der Waals surface area contributed by atoms with Gasteiger partial charge < -0.3 is 45.5 Å². The molecular formula is C14H28B4F4N4O12S. The number of nitrogens with one attached hydrogen (secondary N) is 1. The SMILES string of the molecule is CCN=C(SCC)C(C)Nc1c([N+](=O)[O-])cc(C)cc1[N+](=O)[O-].OB(O)F.OB(O)F.OB(O)F.OB(O)F. The largest absolute Gasteiger partial charge is 0.674 e. The number of halogens is 4. The summed E-state index contributed by atoms with van der Waals surface area (Å²) >= 11 is 1.51. The number of hydrogen-bond acceptors (Lipinski definition) is 15. The van der Waals surface area contributed by atoms with Crippen molar-refractivity contribution >= 4 is 63.4 Å². The van der Waals surface area contributed by atoms with Crippen molar-refractivity contribution in [2.45, 2.75) is 33.7 Å². The number of aliphatic imine (C=N–C) groups is 1. The summed E-state index contributed by atoms with van der Waals surface area (Å²) in [6.07, 6.45) is 0. The van der Waals surface area contributed by atoms with Gasteiger partial charge in [0.15, 0.2) is 5.69 Å². The fourth-order valence-corrected chi connectivity index (χ4v) is 2.90. The Kier molecular flexibility index (Phi) is 28.8. The van der Waals surface area contributed by atoms with Crippen LogP contribution in [-0.2, 0) is 0 Å². The highest BCUT2D eigenvalue weighted by Crippen LogP contribution is 2.36. The summed E-state index contributed by atoms with van der Waals surface area (Å²) in [5.41, 5.74) is -0.229. The Bertz CT molecular complexity index is 783. The first kappa shape index (κ1) is 43.5. The molecule has 0 aromatic heterocycles. The van der Waals surface area contributed by atoms with Crippen LogP contribution < -0.4 is 5.32 Å². The predicted molar refractivity (Wildman–Crippen MR) is 139 cm³/mol. The van der Waals surface area contributed by atoms with Crippen LogP contribution in [0.1, 0.15) is 26.3 Å². The molecule has 222 valence electrons. The summed E-state index contributed by atoms with van der Waals surface area (Å²) in [4.78, 5) is 25.6. The van der Waals surface area contributed by atoms with Crippen molar-refractivity contribution in [1.82, 2.24) is 0 Å². The summed E-state index contributed by atoms with van der Waals surface area (Å²) in [6, 6.07) is 2.29. The van der Waals surface area contributed by atoms with Crippen molar-refractivity contribution in [3.63, 3.8) is 0 Å². The number of nitrogens with zero attached hydrogens (tertiary/aromatic N) is 3. The summed E-state index contributed by atoms with van der Waals surface area (Å²) < 4.78 is 40.4. The van der Waals surface area contributed by atoms with E-state index in [1.165, 1.54) is 23.9 Å². The number of nitro groups is 2. The minimum atomic E-state index is -2.67. The lowest BCUT2D eigenvalue weighted by molar-refractivity contribution is -0.392. The monoisotopic (exact) mass is 596 g/mol. The highest BCUT2D eigenvalue weighted by Gasteiger charge is 2.28. The molecule has 9 N–H and O–H groups in total. The first-order valence-corrected chi connectivity index (χ1v) is 11.1. The van der Waals surface area contributed by atoms with E-state index in [0.29, 0.717) is 12.1 Å². The molecule has 0 bridgehead atoms. The lowest BCUT2D eigenvalue weighted by atomic mass is 10.1. The van der Waals surface area contributed by atoms with Crippen molar-refractivity contribution in [2.75, 3.05) is 17.6 Å². The predicted octanol–water partition coefficient (Wildman–Crippen LogP) is -0.515. The third-order valence-corrected chi connectivity index (χ3v) is 4.04. The molecule has 0 fully saturated rings. The lowest BCUT2D eigenvalue weighted by Gasteiger charge is -2.17. The molecule has 0 heterocycles. The molecule has 0 aliphatic rings. The van der Waals surface area contributed by atoms with E-state index in [2.05, 4.69) is 10.3 Å². The smallest absolute Gasteiger partial charge is 0.398 e. The molecule has 16 nitrogen and oxygen atoms in total. The first-order valence-electron chi connectivity index (χ1n) is 10.1. The van der Waals surface area contributed by atoms with Gasteiger partial charge in [0.2, 0.25) is 0 Å². The van der Waals surface area contributed by atoms with Crippen molar-refractivity contribution in [1.29, 1.82) is 0 Å². The second-order valence-electron chi connectivity index (χ2n) is 6.05. The van der Waals surface area contributed by atoms with Crippen LogP contribution in [0, 0.1) is 27.2 Å². The second kappa shape index (κ2) is 25.8. The Balaban J connectivity index is -0.000000312. The van der Waals surface area contributed by atoms with Gasteiger partial charge in [-0.3, -0.25) is 42.5 Å². The number of anilines is 1. The molecule has 1 aromatic carbocycles. The van der Waals surface area contributed by atoms with Gasteiger partial charge in [0, 0.05) is 18.7 Å². The fraction of sp³-hybridized carbons (Fsp3) is 0.500. The third-order valence-electron chi connectivity index (χ3n) is 2.97. The van der Waals surface area contributed by atoms with E-state index in [4.69, 9.17) is 40.2 Å². The summed E-state index contributed by atoms with van der Waals surface area (Å²) in [7, 11) is -10.7. The van der Waals surface area contributed by atoms with E-state index in [0.717, 1.165) is 10.8 Å². The second-order valence-corrected chi connectivity index (χ2v) is 7.33. The van der Waals surface area contributed by atoms with Crippen LogP contribution in [0.4, 0.5) is 34.3 Å². The average molecular weight is 596 g/mol. The standard InChI is InChI=1S/C14H20N4O4S.4BFH2O2/c1-5-15-14(23-6-2)10(4)16-13-11(17(19)20)7-9(3)8-12(13)18(21)22;4*2-1(3)4/h7-8,10,16H,5-6H2,1-4H3;4*3-4H. The van der Waals surface area contributed by atoms with Gasteiger partial charge in [-0.25, -0.2) is 0 Å². The average Bonchev–Trinajstić information content (AvgIpc) is 2.72. The Morgan fingerprint density at radius 2 is 1.21 bits per heavy atom. The number of rotatable bonds is 7. The molecule has 1 rings (SSSR count). The van der Waals surface area contributed by atoms with Crippen LogP contribution in [0.15, 0.2) is 17.1 Å². The van der Waals surface area contributed by atoms with E-state index >= 15 is 0 Å². The van der Waals surface area contributed by atoms with E-state index in [-0.39, 0.29) is 23.1 Å². The molecule has 1 aromatic rings. The summed E-state index contributed by atoms with van der Waals surface area (Å²) in [6.45, 7) is 7.81. The van der Waals surface area contributed by atoms with Gasteiger partial charge in [0.25, 0.3) is 11.4 Å². The normalized spacial score (nSPS) is 10.3. The minimum absolute atomic E-state index is 0.0846. The van der Waals surface area contributed by atoms with Gasteiger partial charge in [0.1, 0.15) is 0 Å². The maximum atomic E-state index is 11.3. The molecule has 0 radical (unpaired) electrons. The summed E-state index contributed by atoms with van der Waals surface area (Å²) in [5, 5.41) is 81.7. The van der Waals surface area contributed by atoms with Gasteiger partial charge in [-0.05, 0) is 32.1 Å². The van der Waals surface area contributed by atoms with Gasteiger partial charge in [-0.1, -0.05) is 6.92 Å². The highest BCUT2D eigenvalue weighted by molar-refractivity contribution is 8.14. The Labute approximate surface area is 225 Å². The van der Waals surface area contributed by atoms with Gasteiger partial charge in [-0.2, -0.15) is 0 Å². The minimum Gasteiger partial charge on any atom is -0.398 e. The maximum absolute atomic E-state index is 11.3. The molecule has 39 heavy (non-hydrogen) atoms. The fourth-order valence-electron chi connectivity index (χ4n) is 2.07. The number of nitro benzene ring substituents is 2. The highest BCUT2D eigenvalue weighted by atomic mass is 32.2. The first-order chi connectivity index (χ1) is 17.7. The molecule has 0 amide bonds. The number of thioether (sulfide) groups is 1. The lowest BCUT2D eigenvalue weighted by Crippen LogP contribution is -2.25. The molecule has 0 saturated carbocycles. The van der Waals surface area contributed by atoms with E-state index in [1.54, 1.807) is 13.8 Å². The van der Waals surface area contributed by atoms with E-state index in [1.807, 2.05) is 13.8 Å². The number of hydrogen-bond donors (Lipinski definition) is 9. The van der Waals surface area contributed by atoms with Crippen LogP contribution in [0.2, 0.25) is 0 Å². The number of benzene rings is 1. The van der Waals surface area contributed by atoms with Crippen molar-refractivity contribution in [2.24, 2.45) is 4.99 Å². The van der Waals surface area contributed by atoms with Crippen molar-refractivity contribution < 1.29 is 67.3 Å². The maximum Gasteiger partial charge on any atom is 0.674 e. The quantitative estimate of drug-likeness (QED) is 0.0479. The van der Waals surface area contributed by atoms with Crippen LogP contribution in [0.25, 0.3) is 0 Å². The zero-order valence-corrected chi connectivity index (χ0v) is 21.7. The third kappa shape index (κ3) is 31.6. The molecule has 1 atom stereocenters. The molecule has 0 spiro atoms. The van der Waals surface area contributed by atoms with E-state index < -0.39 is 39.4 Å². The van der Waals surface area contributed by atoms with Gasteiger partial charge >= 0.3 is 29.6 Å². The molecule has 0 aliphatic carbocycles. The van der Waals surface area contributed by atoms with Crippen LogP contribution >= 0.6 is 11.8 Å². The Morgan fingerprint density at radius 3 is 1.44 bits per heavy atom.